The summed E-state index contributed by atoms with van der Waals surface area (Å²) in [5.74, 6) is 0.491. The molecule has 1 aromatic carbocycles. The number of nitrogens with zero attached hydrogens (tertiary/aromatic N) is 1. The second-order valence-corrected chi connectivity index (χ2v) is 4.93. The topological polar surface area (TPSA) is 64.4 Å². The van der Waals surface area contributed by atoms with Crippen LogP contribution in [-0.2, 0) is 0 Å². The second kappa shape index (κ2) is 7.96. The largest absolute Gasteiger partial charge is 0.486 e. The summed E-state index contributed by atoms with van der Waals surface area (Å²) in [5.41, 5.74) is -0.0573. The first-order valence-electron chi connectivity index (χ1n) is 6.32. The highest BCUT2D eigenvalue weighted by atomic mass is 35.5. The minimum absolute atomic E-state index is 0.0573. The van der Waals surface area contributed by atoms with E-state index in [1.807, 2.05) is 6.92 Å². The van der Waals surface area contributed by atoms with Crippen LogP contribution in [0.1, 0.15) is 20.3 Å². The first-order valence-corrected chi connectivity index (χ1v) is 6.69. The molecule has 0 aromatic heterocycles. The van der Waals surface area contributed by atoms with Crippen LogP contribution in [0.2, 0.25) is 5.02 Å². The van der Waals surface area contributed by atoms with Crippen LogP contribution in [0.15, 0.2) is 18.2 Å². The number of ether oxygens (including phenoxy) is 1. The van der Waals surface area contributed by atoms with E-state index in [-0.39, 0.29) is 17.4 Å². The van der Waals surface area contributed by atoms with Gasteiger partial charge in [-0.15, -0.1) is 0 Å². The predicted molar refractivity (Wildman–Crippen MR) is 75.9 cm³/mol. The molecular weight excluding hydrogens is 268 g/mol. The van der Waals surface area contributed by atoms with Crippen LogP contribution in [0, 0.1) is 16.0 Å². The molecule has 5 nitrogen and oxygen atoms in total. The highest BCUT2D eigenvalue weighted by Crippen LogP contribution is 2.30. The Morgan fingerprint density at radius 2 is 2.26 bits per heavy atom. The summed E-state index contributed by atoms with van der Waals surface area (Å²) in [5, 5.41) is 14.6. The number of nitro benzene ring substituents is 1. The van der Waals surface area contributed by atoms with Crippen molar-refractivity contribution in [1.29, 1.82) is 0 Å². The molecule has 1 rings (SSSR count). The van der Waals surface area contributed by atoms with Gasteiger partial charge in [0.2, 0.25) is 0 Å². The molecule has 0 aliphatic heterocycles. The minimum Gasteiger partial charge on any atom is -0.486 e. The molecular formula is C13H19ClN2O3. The summed E-state index contributed by atoms with van der Waals surface area (Å²) in [6, 6.07) is 4.32. The van der Waals surface area contributed by atoms with Crippen LogP contribution < -0.4 is 10.1 Å². The zero-order chi connectivity index (χ0) is 14.3. The van der Waals surface area contributed by atoms with Gasteiger partial charge in [0.25, 0.3) is 0 Å². The Hall–Kier alpha value is -1.33. The third-order valence-electron chi connectivity index (χ3n) is 2.56. The fourth-order valence-electron chi connectivity index (χ4n) is 1.57. The summed E-state index contributed by atoms with van der Waals surface area (Å²) in [4.78, 5) is 10.4. The average Bonchev–Trinajstić information content (AvgIpc) is 2.36. The Morgan fingerprint density at radius 3 is 2.89 bits per heavy atom. The highest BCUT2D eigenvalue weighted by Gasteiger charge is 2.16. The Kier molecular flexibility index (Phi) is 6.59. The smallest absolute Gasteiger partial charge is 0.311 e. The van der Waals surface area contributed by atoms with Crippen LogP contribution >= 0.6 is 11.6 Å². The lowest BCUT2D eigenvalue weighted by Crippen LogP contribution is -2.25. The molecule has 0 saturated carbocycles. The lowest BCUT2D eigenvalue weighted by molar-refractivity contribution is -0.385. The predicted octanol–water partition coefficient (Wildman–Crippen LogP) is 3.26. The number of halogens is 1. The molecule has 106 valence electrons. The molecule has 0 fully saturated rings. The monoisotopic (exact) mass is 286 g/mol. The van der Waals surface area contributed by atoms with Gasteiger partial charge in [-0.3, -0.25) is 10.1 Å². The molecule has 6 heteroatoms. The van der Waals surface area contributed by atoms with Crippen LogP contribution in [0.4, 0.5) is 5.69 Å². The van der Waals surface area contributed by atoms with Gasteiger partial charge in [-0.05, 0) is 19.0 Å². The third kappa shape index (κ3) is 5.44. The van der Waals surface area contributed by atoms with Crippen LogP contribution in [0.5, 0.6) is 5.75 Å². The van der Waals surface area contributed by atoms with Gasteiger partial charge in [0.05, 0.1) is 11.5 Å². The number of hydrogen-bond donors (Lipinski definition) is 1. The second-order valence-electron chi connectivity index (χ2n) is 4.49. The van der Waals surface area contributed by atoms with Crippen molar-refractivity contribution in [2.75, 3.05) is 19.7 Å². The molecule has 0 heterocycles. The normalized spacial score (nSPS) is 12.2. The Labute approximate surface area is 118 Å². The van der Waals surface area contributed by atoms with Gasteiger partial charge in [0.15, 0.2) is 5.75 Å². The van der Waals surface area contributed by atoms with E-state index in [0.29, 0.717) is 11.6 Å². The standard InChI is InChI=1S/C13H19ClN2O3/c1-3-6-15-8-10(2)9-19-13-7-11(14)4-5-12(13)16(17)18/h4-5,7,10,15H,3,6,8-9H2,1-2H3. The van der Waals surface area contributed by atoms with Gasteiger partial charge in [-0.2, -0.15) is 0 Å². The summed E-state index contributed by atoms with van der Waals surface area (Å²) in [7, 11) is 0. The van der Waals surface area contributed by atoms with Gasteiger partial charge in [-0.1, -0.05) is 25.4 Å². The molecule has 0 aliphatic carbocycles. The molecule has 1 N–H and O–H groups in total. The van der Waals surface area contributed by atoms with Crippen molar-refractivity contribution in [1.82, 2.24) is 5.32 Å². The fourth-order valence-corrected chi connectivity index (χ4v) is 1.73. The molecule has 19 heavy (non-hydrogen) atoms. The molecule has 0 radical (unpaired) electrons. The average molecular weight is 287 g/mol. The maximum absolute atomic E-state index is 10.9. The SMILES string of the molecule is CCCNCC(C)COc1cc(Cl)ccc1[N+](=O)[O-]. The van der Waals surface area contributed by atoms with Gasteiger partial charge in [0.1, 0.15) is 0 Å². The zero-order valence-corrected chi connectivity index (χ0v) is 11.9. The van der Waals surface area contributed by atoms with Crippen molar-refractivity contribution in [3.05, 3.63) is 33.3 Å². The number of nitrogens with one attached hydrogen (secondary N) is 1. The first-order chi connectivity index (χ1) is 9.04. The number of benzene rings is 1. The van der Waals surface area contributed by atoms with Gasteiger partial charge in [0, 0.05) is 29.6 Å². The van der Waals surface area contributed by atoms with Crippen LogP contribution in [0.3, 0.4) is 0 Å². The van der Waals surface area contributed by atoms with E-state index in [1.54, 1.807) is 0 Å². The van der Waals surface area contributed by atoms with Crippen molar-refractivity contribution in [3.63, 3.8) is 0 Å². The van der Waals surface area contributed by atoms with E-state index in [0.717, 1.165) is 19.5 Å². The molecule has 0 bridgehead atoms. The first kappa shape index (κ1) is 15.7. The number of nitro groups is 1. The summed E-state index contributed by atoms with van der Waals surface area (Å²) < 4.78 is 5.51. The van der Waals surface area contributed by atoms with Gasteiger partial charge >= 0.3 is 5.69 Å². The molecule has 0 spiro atoms. The van der Waals surface area contributed by atoms with E-state index < -0.39 is 4.92 Å². The Bertz CT molecular complexity index is 426. The fraction of sp³-hybridized carbons (Fsp3) is 0.538. The summed E-state index contributed by atoms with van der Waals surface area (Å²) in [6.07, 6.45) is 1.08. The van der Waals surface area contributed by atoms with Crippen molar-refractivity contribution in [2.45, 2.75) is 20.3 Å². The maximum atomic E-state index is 10.9. The van der Waals surface area contributed by atoms with Crippen molar-refractivity contribution in [2.24, 2.45) is 5.92 Å². The maximum Gasteiger partial charge on any atom is 0.311 e. The molecule has 0 saturated heterocycles. The van der Waals surface area contributed by atoms with Crippen molar-refractivity contribution < 1.29 is 9.66 Å². The molecule has 1 aromatic rings. The van der Waals surface area contributed by atoms with Gasteiger partial charge < -0.3 is 10.1 Å². The van der Waals surface area contributed by atoms with Gasteiger partial charge in [-0.25, -0.2) is 0 Å². The lowest BCUT2D eigenvalue weighted by Gasteiger charge is -2.13. The van der Waals surface area contributed by atoms with E-state index in [9.17, 15) is 10.1 Å². The third-order valence-corrected chi connectivity index (χ3v) is 2.80. The van der Waals surface area contributed by atoms with E-state index in [1.165, 1.54) is 18.2 Å². The quantitative estimate of drug-likeness (QED) is 0.452. The molecule has 1 atom stereocenters. The Morgan fingerprint density at radius 1 is 1.53 bits per heavy atom. The number of hydrogen-bond acceptors (Lipinski definition) is 4. The minimum atomic E-state index is -0.467. The molecule has 0 amide bonds. The molecule has 0 aliphatic rings. The summed E-state index contributed by atoms with van der Waals surface area (Å²) in [6.45, 7) is 6.32. The zero-order valence-electron chi connectivity index (χ0n) is 11.2. The van der Waals surface area contributed by atoms with Crippen molar-refractivity contribution >= 4 is 17.3 Å². The number of rotatable bonds is 8. The Balaban J connectivity index is 2.56. The van der Waals surface area contributed by atoms with Crippen LogP contribution in [0.25, 0.3) is 0 Å². The van der Waals surface area contributed by atoms with Crippen molar-refractivity contribution in [3.8, 4) is 5.75 Å². The molecule has 1 unspecified atom stereocenters. The summed E-state index contributed by atoms with van der Waals surface area (Å²) >= 11 is 5.82. The van der Waals surface area contributed by atoms with E-state index in [2.05, 4.69) is 12.2 Å². The highest BCUT2D eigenvalue weighted by molar-refractivity contribution is 6.30. The van der Waals surface area contributed by atoms with Crippen LogP contribution in [-0.4, -0.2) is 24.6 Å². The van der Waals surface area contributed by atoms with E-state index >= 15 is 0 Å². The lowest BCUT2D eigenvalue weighted by atomic mass is 10.2. The van der Waals surface area contributed by atoms with E-state index in [4.69, 9.17) is 16.3 Å².